The van der Waals surface area contributed by atoms with Crippen LogP contribution in [-0.4, -0.2) is 49.1 Å². The number of rotatable bonds is 5. The van der Waals surface area contributed by atoms with Crippen LogP contribution in [0.2, 0.25) is 0 Å². The Bertz CT molecular complexity index is 1220. The number of fused-ring (bicyclic) bond motifs is 1. The van der Waals surface area contributed by atoms with Crippen molar-refractivity contribution in [2.45, 2.75) is 50.9 Å². The summed E-state index contributed by atoms with van der Waals surface area (Å²) >= 11 is 0. The first-order valence-electron chi connectivity index (χ1n) is 11.7. The third-order valence-electron chi connectivity index (χ3n) is 6.72. The first-order valence-corrected chi connectivity index (χ1v) is 11.7. The van der Waals surface area contributed by atoms with Crippen molar-refractivity contribution in [1.82, 2.24) is 15.3 Å². The fraction of sp³-hybridized carbons (Fsp3) is 0.423. The molecule has 0 bridgehead atoms. The molecule has 1 fully saturated rings. The summed E-state index contributed by atoms with van der Waals surface area (Å²) in [5.74, 6) is 0.645. The Balaban J connectivity index is 1.45. The summed E-state index contributed by atoms with van der Waals surface area (Å²) < 4.78 is 40.4. The van der Waals surface area contributed by atoms with E-state index in [1.54, 1.807) is 24.3 Å². The molecule has 0 aliphatic heterocycles. The maximum atomic E-state index is 13.5. The molecule has 2 aromatic heterocycles. The van der Waals surface area contributed by atoms with Crippen LogP contribution in [0, 0.1) is 6.92 Å². The Kier molecular flexibility index (Phi) is 6.87. The van der Waals surface area contributed by atoms with Gasteiger partial charge in [-0.2, -0.15) is 13.2 Å². The summed E-state index contributed by atoms with van der Waals surface area (Å²) in [7, 11) is 5.64. The molecule has 1 amide bonds. The number of anilines is 2. The number of amides is 1. The van der Waals surface area contributed by atoms with Gasteiger partial charge in [-0.15, -0.1) is 0 Å². The van der Waals surface area contributed by atoms with E-state index in [0.29, 0.717) is 27.8 Å². The molecule has 1 saturated carbocycles. The number of nitrogens with zero attached hydrogens (tertiary/aromatic N) is 4. The third kappa shape index (κ3) is 5.33. The molecule has 0 unspecified atom stereocenters. The summed E-state index contributed by atoms with van der Waals surface area (Å²) in [4.78, 5) is 25.0. The first-order chi connectivity index (χ1) is 16.5. The van der Waals surface area contributed by atoms with E-state index in [1.807, 2.05) is 50.0 Å². The highest BCUT2D eigenvalue weighted by atomic mass is 19.4. The van der Waals surface area contributed by atoms with Crippen LogP contribution in [0.1, 0.15) is 47.4 Å². The highest BCUT2D eigenvalue weighted by molar-refractivity contribution is 5.95. The van der Waals surface area contributed by atoms with E-state index < -0.39 is 11.9 Å². The molecule has 0 spiro atoms. The normalized spacial score (nSPS) is 18.4. The number of halogens is 3. The second-order valence-electron chi connectivity index (χ2n) is 9.33. The van der Waals surface area contributed by atoms with E-state index in [-0.39, 0.29) is 18.0 Å². The average Bonchev–Trinajstić information content (AvgIpc) is 2.82. The molecule has 6 nitrogen and oxygen atoms in total. The van der Waals surface area contributed by atoms with Crippen molar-refractivity contribution in [2.75, 3.05) is 30.9 Å². The smallest absolute Gasteiger partial charge is 0.371 e. The number of aromatic nitrogens is 2. The van der Waals surface area contributed by atoms with Gasteiger partial charge in [-0.1, -0.05) is 18.2 Å². The second-order valence-corrected chi connectivity index (χ2v) is 9.33. The van der Waals surface area contributed by atoms with Gasteiger partial charge in [-0.25, -0.2) is 9.97 Å². The summed E-state index contributed by atoms with van der Waals surface area (Å²) in [6.45, 7) is 1.82. The van der Waals surface area contributed by atoms with E-state index in [9.17, 15) is 18.0 Å². The molecule has 0 radical (unpaired) electrons. The number of alkyl halides is 3. The molecular formula is C26H30F3N5O. The van der Waals surface area contributed by atoms with Gasteiger partial charge in [0.15, 0.2) is 0 Å². The molecule has 4 rings (SSSR count). The Morgan fingerprint density at radius 2 is 1.69 bits per heavy atom. The van der Waals surface area contributed by atoms with E-state index >= 15 is 0 Å². The maximum absolute atomic E-state index is 13.5. The van der Waals surface area contributed by atoms with Crippen LogP contribution < -0.4 is 15.1 Å². The Morgan fingerprint density at radius 3 is 2.31 bits per heavy atom. The number of hydrogen-bond donors (Lipinski definition) is 1. The van der Waals surface area contributed by atoms with Crippen LogP contribution in [-0.2, 0) is 6.18 Å². The minimum absolute atomic E-state index is 0.0139. The van der Waals surface area contributed by atoms with Gasteiger partial charge in [-0.05, 0) is 56.9 Å². The second kappa shape index (κ2) is 9.71. The molecule has 0 saturated heterocycles. The molecule has 1 aliphatic rings. The summed E-state index contributed by atoms with van der Waals surface area (Å²) in [6.07, 6.45) is -1.50. The SMILES string of the molecule is Cc1nc(N(C)C)ccc1C(=O)NC1CCC(N(C)c2cc(C(F)(F)F)nc3ccccc23)CC1. The van der Waals surface area contributed by atoms with Crippen LogP contribution in [0.25, 0.3) is 10.9 Å². The van der Waals surface area contributed by atoms with Crippen molar-refractivity contribution in [3.63, 3.8) is 0 Å². The van der Waals surface area contributed by atoms with Crippen molar-refractivity contribution in [1.29, 1.82) is 0 Å². The quantitative estimate of drug-likeness (QED) is 0.538. The Morgan fingerprint density at radius 1 is 1.00 bits per heavy atom. The van der Waals surface area contributed by atoms with Gasteiger partial charge in [0, 0.05) is 44.3 Å². The number of hydrogen-bond acceptors (Lipinski definition) is 5. The molecule has 1 N–H and O–H groups in total. The van der Waals surface area contributed by atoms with Gasteiger partial charge in [0.2, 0.25) is 0 Å². The van der Waals surface area contributed by atoms with Crippen LogP contribution >= 0.6 is 0 Å². The minimum atomic E-state index is -4.51. The van der Waals surface area contributed by atoms with Crippen molar-refractivity contribution < 1.29 is 18.0 Å². The highest BCUT2D eigenvalue weighted by Gasteiger charge is 2.34. The molecule has 186 valence electrons. The summed E-state index contributed by atoms with van der Waals surface area (Å²) in [5.41, 5.74) is 1.20. The van der Waals surface area contributed by atoms with Crippen molar-refractivity contribution in [3.8, 4) is 0 Å². The topological polar surface area (TPSA) is 61.4 Å². The zero-order chi connectivity index (χ0) is 25.3. The lowest BCUT2D eigenvalue weighted by Crippen LogP contribution is -2.43. The lowest BCUT2D eigenvalue weighted by Gasteiger charge is -2.37. The summed E-state index contributed by atoms with van der Waals surface area (Å²) in [6, 6.07) is 11.7. The van der Waals surface area contributed by atoms with E-state index in [4.69, 9.17) is 0 Å². The van der Waals surface area contributed by atoms with Gasteiger partial charge < -0.3 is 15.1 Å². The Hall–Kier alpha value is -3.36. The van der Waals surface area contributed by atoms with E-state index in [1.165, 1.54) is 0 Å². The number of pyridine rings is 2. The van der Waals surface area contributed by atoms with Crippen LogP contribution in [0.15, 0.2) is 42.5 Å². The highest BCUT2D eigenvalue weighted by Crippen LogP contribution is 2.36. The van der Waals surface area contributed by atoms with Crippen LogP contribution in [0.3, 0.4) is 0 Å². The van der Waals surface area contributed by atoms with Gasteiger partial charge in [-0.3, -0.25) is 4.79 Å². The van der Waals surface area contributed by atoms with Gasteiger partial charge in [0.05, 0.1) is 16.8 Å². The van der Waals surface area contributed by atoms with Gasteiger partial charge in [0.25, 0.3) is 5.91 Å². The van der Waals surface area contributed by atoms with Gasteiger partial charge in [0.1, 0.15) is 11.5 Å². The Labute approximate surface area is 203 Å². The molecule has 1 aromatic carbocycles. The predicted molar refractivity (Wildman–Crippen MR) is 132 cm³/mol. The van der Waals surface area contributed by atoms with E-state index in [0.717, 1.165) is 37.6 Å². The zero-order valence-corrected chi connectivity index (χ0v) is 20.4. The average molecular weight is 486 g/mol. The first kappa shape index (κ1) is 24.8. The molecular weight excluding hydrogens is 455 g/mol. The minimum Gasteiger partial charge on any atom is -0.371 e. The van der Waals surface area contributed by atoms with Crippen LogP contribution in [0.5, 0.6) is 0 Å². The fourth-order valence-electron chi connectivity index (χ4n) is 4.70. The van der Waals surface area contributed by atoms with Crippen molar-refractivity contribution in [2.24, 2.45) is 0 Å². The van der Waals surface area contributed by atoms with Crippen molar-refractivity contribution >= 4 is 28.3 Å². The number of para-hydroxylation sites is 1. The number of nitrogens with one attached hydrogen (secondary N) is 1. The monoisotopic (exact) mass is 485 g/mol. The molecule has 3 aromatic rings. The van der Waals surface area contributed by atoms with Gasteiger partial charge >= 0.3 is 6.18 Å². The van der Waals surface area contributed by atoms with E-state index in [2.05, 4.69) is 15.3 Å². The lowest BCUT2D eigenvalue weighted by atomic mass is 9.89. The predicted octanol–water partition coefficient (Wildman–Crippen LogP) is 5.20. The fourth-order valence-corrected chi connectivity index (χ4v) is 4.70. The van der Waals surface area contributed by atoms with Crippen LogP contribution in [0.4, 0.5) is 24.7 Å². The lowest BCUT2D eigenvalue weighted by molar-refractivity contribution is -0.140. The maximum Gasteiger partial charge on any atom is 0.433 e. The largest absolute Gasteiger partial charge is 0.433 e. The molecule has 1 aliphatic carbocycles. The number of carbonyl (C=O) groups is 1. The summed E-state index contributed by atoms with van der Waals surface area (Å²) in [5, 5.41) is 3.81. The molecule has 0 atom stereocenters. The molecule has 2 heterocycles. The molecule has 9 heteroatoms. The number of benzene rings is 1. The number of carbonyl (C=O) groups excluding carboxylic acids is 1. The van der Waals surface area contributed by atoms with Crippen molar-refractivity contribution in [3.05, 3.63) is 59.4 Å². The third-order valence-corrected chi connectivity index (χ3v) is 6.72. The standard InChI is InChI=1S/C26H30F3N5O/c1-16-19(13-14-24(30-16)33(2)3)25(35)31-17-9-11-18(12-10-17)34(4)22-15-23(26(27,28)29)32-21-8-6-5-7-20(21)22/h5-8,13-15,17-18H,9-12H2,1-4H3,(H,31,35). The molecule has 35 heavy (non-hydrogen) atoms. The zero-order valence-electron chi connectivity index (χ0n) is 20.4. The number of aryl methyl sites for hydroxylation is 1.